The van der Waals surface area contributed by atoms with E-state index in [-0.39, 0.29) is 6.29 Å². The number of hydrogen-bond acceptors (Lipinski definition) is 3. The molecule has 10 heavy (non-hydrogen) atoms. The summed E-state index contributed by atoms with van der Waals surface area (Å²) in [5.74, 6) is -1.90. The van der Waals surface area contributed by atoms with Crippen LogP contribution >= 0.6 is 0 Å². The third kappa shape index (κ3) is 2.81. The molecule has 0 fully saturated rings. The van der Waals surface area contributed by atoms with Gasteiger partial charge in [0.15, 0.2) is 12.3 Å². The summed E-state index contributed by atoms with van der Waals surface area (Å²) >= 11 is 0. The second kappa shape index (κ2) is 3.60. The van der Waals surface area contributed by atoms with Crippen molar-refractivity contribution in [2.75, 3.05) is 0 Å². The summed E-state index contributed by atoms with van der Waals surface area (Å²) in [6.45, 7) is 1.14. The van der Waals surface area contributed by atoms with E-state index < -0.39 is 17.9 Å². The van der Waals surface area contributed by atoms with Gasteiger partial charge in [0.1, 0.15) is 0 Å². The van der Waals surface area contributed by atoms with Crippen molar-refractivity contribution in [1.29, 1.82) is 0 Å². The Bertz CT molecular complexity index is 165. The van der Waals surface area contributed by atoms with E-state index in [1.165, 1.54) is 0 Å². The van der Waals surface area contributed by atoms with Gasteiger partial charge in [-0.1, -0.05) is 0 Å². The zero-order valence-corrected chi connectivity index (χ0v) is 5.33. The largest absolute Gasteiger partial charge is 0.479 e. The average Bonchev–Trinajstić information content (AvgIpc) is 1.81. The number of carbonyl (C=O) groups is 3. The highest BCUT2D eigenvalue weighted by atomic mass is 16.4. The van der Waals surface area contributed by atoms with Crippen LogP contribution in [0.1, 0.15) is 6.92 Å². The fourth-order valence-corrected chi connectivity index (χ4v) is 0.373. The third-order valence-corrected chi connectivity index (χ3v) is 0.761. The second-order valence-electron chi connectivity index (χ2n) is 1.65. The van der Waals surface area contributed by atoms with E-state index in [1.807, 2.05) is 5.32 Å². The van der Waals surface area contributed by atoms with Crippen LogP contribution in [0.4, 0.5) is 0 Å². The van der Waals surface area contributed by atoms with Gasteiger partial charge in [0.2, 0.25) is 5.91 Å². The fourth-order valence-electron chi connectivity index (χ4n) is 0.373. The lowest BCUT2D eigenvalue weighted by Crippen LogP contribution is -2.40. The predicted octanol–water partition coefficient (Wildman–Crippen LogP) is -1.23. The summed E-state index contributed by atoms with van der Waals surface area (Å²) in [6.07, 6.45) is 0.156. The molecule has 0 aromatic carbocycles. The number of amides is 1. The Morgan fingerprint density at radius 3 is 2.20 bits per heavy atom. The summed E-state index contributed by atoms with van der Waals surface area (Å²) in [6, 6.07) is -1.42. The molecule has 0 aromatic heterocycles. The average molecular weight is 145 g/mol. The van der Waals surface area contributed by atoms with Gasteiger partial charge >= 0.3 is 5.97 Å². The van der Waals surface area contributed by atoms with Gasteiger partial charge in [-0.25, -0.2) is 4.79 Å². The highest BCUT2D eigenvalue weighted by Gasteiger charge is 2.15. The summed E-state index contributed by atoms with van der Waals surface area (Å²) in [7, 11) is 0. The number of carboxylic acid groups (broad SMARTS) is 1. The van der Waals surface area contributed by atoms with Crippen LogP contribution < -0.4 is 5.32 Å². The highest BCUT2D eigenvalue weighted by molar-refractivity contribution is 5.94. The van der Waals surface area contributed by atoms with Crippen LogP contribution in [0, 0.1) is 0 Å². The molecule has 1 amide bonds. The topological polar surface area (TPSA) is 83.5 Å². The Morgan fingerprint density at radius 1 is 1.60 bits per heavy atom. The molecule has 0 radical (unpaired) electrons. The van der Waals surface area contributed by atoms with Crippen LogP contribution in [0.2, 0.25) is 0 Å². The molecule has 0 saturated carbocycles. The van der Waals surface area contributed by atoms with E-state index in [1.54, 1.807) is 0 Å². The number of aldehydes is 1. The summed E-state index contributed by atoms with van der Waals surface area (Å²) in [4.78, 5) is 30.1. The molecule has 0 spiro atoms. The molecule has 0 aliphatic rings. The molecule has 0 bridgehead atoms. The molecule has 5 heteroatoms. The molecular formula is C5H7NO4. The van der Waals surface area contributed by atoms with Crippen molar-refractivity contribution < 1.29 is 19.5 Å². The van der Waals surface area contributed by atoms with Crippen LogP contribution in [0.15, 0.2) is 0 Å². The molecule has 0 aromatic rings. The Hall–Kier alpha value is -1.39. The summed E-state index contributed by atoms with van der Waals surface area (Å²) in [5.41, 5.74) is 0. The van der Waals surface area contributed by atoms with Crippen molar-refractivity contribution in [3.63, 3.8) is 0 Å². The van der Waals surface area contributed by atoms with Gasteiger partial charge in [0, 0.05) is 6.92 Å². The number of aliphatic carboxylic acids is 1. The molecule has 0 saturated heterocycles. The SMILES string of the molecule is CC(=O)N[C@@H](C=O)C(=O)O. The maximum atomic E-state index is 10.2. The van der Waals surface area contributed by atoms with Crippen LogP contribution in [-0.4, -0.2) is 29.3 Å². The molecular weight excluding hydrogens is 138 g/mol. The molecule has 0 aliphatic heterocycles. The first-order valence-electron chi connectivity index (χ1n) is 2.53. The van der Waals surface area contributed by atoms with Crippen molar-refractivity contribution in [1.82, 2.24) is 5.32 Å². The van der Waals surface area contributed by atoms with E-state index in [9.17, 15) is 14.4 Å². The first-order chi connectivity index (χ1) is 4.57. The van der Waals surface area contributed by atoms with E-state index in [0.717, 1.165) is 6.92 Å². The maximum absolute atomic E-state index is 10.2. The van der Waals surface area contributed by atoms with Crippen molar-refractivity contribution >= 4 is 18.2 Å². The first-order valence-corrected chi connectivity index (χ1v) is 2.53. The Morgan fingerprint density at radius 2 is 2.10 bits per heavy atom. The van der Waals surface area contributed by atoms with Gasteiger partial charge in [-0.15, -0.1) is 0 Å². The van der Waals surface area contributed by atoms with Crippen LogP contribution in [-0.2, 0) is 14.4 Å². The van der Waals surface area contributed by atoms with E-state index in [4.69, 9.17) is 5.11 Å². The maximum Gasteiger partial charge on any atom is 0.333 e. The van der Waals surface area contributed by atoms with Gasteiger partial charge in [0.05, 0.1) is 0 Å². The molecule has 2 N–H and O–H groups in total. The summed E-state index contributed by atoms with van der Waals surface area (Å²) in [5, 5.41) is 10.1. The van der Waals surface area contributed by atoms with Gasteiger partial charge in [-0.3, -0.25) is 4.79 Å². The molecule has 0 rings (SSSR count). The fraction of sp³-hybridized carbons (Fsp3) is 0.400. The number of nitrogens with one attached hydrogen (secondary N) is 1. The number of hydrogen-bond donors (Lipinski definition) is 2. The Kier molecular flexibility index (Phi) is 3.10. The van der Waals surface area contributed by atoms with Crippen LogP contribution in [0.25, 0.3) is 0 Å². The Labute approximate surface area is 57.0 Å². The van der Waals surface area contributed by atoms with Crippen molar-refractivity contribution in [3.8, 4) is 0 Å². The molecule has 1 atom stereocenters. The molecule has 0 unspecified atom stereocenters. The smallest absolute Gasteiger partial charge is 0.333 e. The standard InChI is InChI=1S/C5H7NO4/c1-3(8)6-4(2-7)5(9)10/h2,4H,1H3,(H,6,8)(H,9,10)/t4-/m0/s1. The van der Waals surface area contributed by atoms with E-state index >= 15 is 0 Å². The number of carbonyl (C=O) groups excluding carboxylic acids is 2. The first kappa shape index (κ1) is 8.61. The van der Waals surface area contributed by atoms with Crippen molar-refractivity contribution in [2.24, 2.45) is 0 Å². The quantitative estimate of drug-likeness (QED) is 0.385. The molecule has 0 aliphatic carbocycles. The van der Waals surface area contributed by atoms with Gasteiger partial charge in [-0.2, -0.15) is 0 Å². The van der Waals surface area contributed by atoms with Gasteiger partial charge in [-0.05, 0) is 0 Å². The minimum absolute atomic E-state index is 0.156. The lowest BCUT2D eigenvalue weighted by Gasteiger charge is -2.03. The highest BCUT2D eigenvalue weighted by Crippen LogP contribution is 1.76. The van der Waals surface area contributed by atoms with E-state index in [0.29, 0.717) is 0 Å². The zero-order valence-electron chi connectivity index (χ0n) is 5.33. The predicted molar refractivity (Wildman–Crippen MR) is 31.3 cm³/mol. The van der Waals surface area contributed by atoms with Crippen molar-refractivity contribution in [2.45, 2.75) is 13.0 Å². The van der Waals surface area contributed by atoms with Gasteiger partial charge in [0.25, 0.3) is 0 Å². The minimum Gasteiger partial charge on any atom is -0.479 e. The Balaban J connectivity index is 3.96. The van der Waals surface area contributed by atoms with Crippen molar-refractivity contribution in [3.05, 3.63) is 0 Å². The molecule has 0 heterocycles. The molecule has 56 valence electrons. The zero-order chi connectivity index (χ0) is 8.15. The van der Waals surface area contributed by atoms with Crippen LogP contribution in [0.3, 0.4) is 0 Å². The third-order valence-electron chi connectivity index (χ3n) is 0.761. The molecule has 5 nitrogen and oxygen atoms in total. The lowest BCUT2D eigenvalue weighted by atomic mass is 10.3. The summed E-state index contributed by atoms with van der Waals surface area (Å²) < 4.78 is 0. The normalized spacial score (nSPS) is 11.7. The minimum atomic E-state index is -1.42. The van der Waals surface area contributed by atoms with Crippen LogP contribution in [0.5, 0.6) is 0 Å². The second-order valence-corrected chi connectivity index (χ2v) is 1.65. The number of carboxylic acids is 1. The van der Waals surface area contributed by atoms with E-state index in [2.05, 4.69) is 0 Å². The monoisotopic (exact) mass is 145 g/mol. The van der Waals surface area contributed by atoms with Gasteiger partial charge < -0.3 is 15.2 Å². The lowest BCUT2D eigenvalue weighted by molar-refractivity contribution is -0.143. The number of rotatable bonds is 3.